The van der Waals surface area contributed by atoms with Gasteiger partial charge in [-0.2, -0.15) is 0 Å². The Balaban J connectivity index is 0.000000577. The summed E-state index contributed by atoms with van der Waals surface area (Å²) < 4.78 is 24.9. The summed E-state index contributed by atoms with van der Waals surface area (Å²) in [6.07, 6.45) is 13.8. The second-order valence-electron chi connectivity index (χ2n) is 22.6. The zero-order chi connectivity index (χ0) is 49.0. The lowest BCUT2D eigenvalue weighted by Crippen LogP contribution is -2.55. The molecule has 2 aromatic heterocycles. The van der Waals surface area contributed by atoms with Crippen molar-refractivity contribution >= 4 is 46.4 Å². The summed E-state index contributed by atoms with van der Waals surface area (Å²) in [4.78, 5) is 0. The molecule has 8 aliphatic carbocycles. The molecular weight excluding hydrogens is 982 g/mol. The van der Waals surface area contributed by atoms with Crippen LogP contribution < -0.4 is 18.9 Å². The van der Waals surface area contributed by atoms with E-state index in [0.29, 0.717) is 90.3 Å². The molecule has 0 radical (unpaired) electrons. The number of benzene rings is 5. The van der Waals surface area contributed by atoms with Crippen LogP contribution in [-0.2, 0) is 21.7 Å². The highest BCUT2D eigenvalue weighted by Gasteiger charge is 2.60. The van der Waals surface area contributed by atoms with E-state index in [1.807, 2.05) is 24.3 Å². The molecule has 0 saturated heterocycles. The molecule has 5 aromatic carbocycles. The van der Waals surface area contributed by atoms with Gasteiger partial charge in [0.25, 0.3) is 0 Å². The summed E-state index contributed by atoms with van der Waals surface area (Å²) in [6, 6.07) is 40.6. The summed E-state index contributed by atoms with van der Waals surface area (Å²) >= 11 is 28.1. The van der Waals surface area contributed by atoms with Crippen molar-refractivity contribution < 1.29 is 18.9 Å². The van der Waals surface area contributed by atoms with E-state index in [2.05, 4.69) is 107 Å². The zero-order valence-electron chi connectivity index (χ0n) is 40.3. The maximum absolute atomic E-state index is 7.03. The Morgan fingerprint density at radius 2 is 0.583 bits per heavy atom. The van der Waals surface area contributed by atoms with Crippen molar-refractivity contribution in [3.05, 3.63) is 175 Å². The molecule has 12 heteroatoms. The van der Waals surface area contributed by atoms with E-state index in [1.54, 1.807) is 24.3 Å². The van der Waals surface area contributed by atoms with Gasteiger partial charge in [0.2, 0.25) is 23.5 Å². The average Bonchev–Trinajstić information content (AvgIpc) is 3.35. The molecule has 7 aromatic rings. The van der Waals surface area contributed by atoms with Crippen LogP contribution in [0.2, 0.25) is 20.1 Å². The molecule has 0 amide bonds. The Labute approximate surface area is 440 Å². The fourth-order valence-corrected chi connectivity index (χ4v) is 16.3. The monoisotopic (exact) mass is 1030 g/mol. The van der Waals surface area contributed by atoms with Gasteiger partial charge in [0, 0.05) is 24.3 Å². The van der Waals surface area contributed by atoms with Crippen molar-refractivity contribution in [3.8, 4) is 46.5 Å². The normalized spacial score (nSPS) is 29.0. The van der Waals surface area contributed by atoms with Gasteiger partial charge in [0.05, 0.1) is 20.1 Å². The minimum absolute atomic E-state index is 0.00617. The van der Waals surface area contributed by atoms with Crippen molar-refractivity contribution in [1.82, 2.24) is 20.4 Å². The molecule has 4 spiro atoms. The highest BCUT2D eigenvalue weighted by molar-refractivity contribution is 6.33. The van der Waals surface area contributed by atoms with Crippen molar-refractivity contribution in [3.63, 3.8) is 0 Å². The molecule has 8 saturated carbocycles. The molecule has 8 fully saturated rings. The molecule has 0 N–H and O–H groups in total. The standard InChI is InChI=1S/C52H44Cl4N4O4.C8H10/c53-37-15-33-1-5-41(37)61-45-9-10-46(58-57-45)62-43-7-3-35(17-39(43)55)51-23-31-14-32(24-51)26-52(25-31,28-51)36-4-8-44(40(56)18-36)64-48-12-11-47(59-60-48)63-42-6-2-34(16-38(42)54)50-21-29-13-30(22-50)20-49(33,19-29)27-50;1-7-3-5-8(2)6-4-7/h1-12,15-18,29-32H,13-14,19-28H2;3-6H,1-2H3. The van der Waals surface area contributed by atoms with Gasteiger partial charge in [0.1, 0.15) is 23.0 Å². The van der Waals surface area contributed by atoms with Crippen LogP contribution in [-0.4, -0.2) is 20.4 Å². The van der Waals surface area contributed by atoms with Gasteiger partial charge >= 0.3 is 0 Å². The van der Waals surface area contributed by atoms with E-state index in [-0.39, 0.29) is 21.7 Å². The van der Waals surface area contributed by atoms with Crippen LogP contribution in [0.4, 0.5) is 0 Å². The van der Waals surface area contributed by atoms with Crippen molar-refractivity contribution in [2.45, 2.75) is 113 Å². The quantitative estimate of drug-likeness (QED) is 0.148. The fourth-order valence-electron chi connectivity index (χ4n) is 15.5. The third-order valence-electron chi connectivity index (χ3n) is 17.6. The molecular formula is C60H54Cl4N4O4. The topological polar surface area (TPSA) is 88.5 Å². The Morgan fingerprint density at radius 3 is 0.792 bits per heavy atom. The van der Waals surface area contributed by atoms with Crippen molar-refractivity contribution in [2.75, 3.05) is 0 Å². The summed E-state index contributed by atoms with van der Waals surface area (Å²) in [6.45, 7) is 4.19. The lowest BCUT2D eigenvalue weighted by molar-refractivity contribution is -0.0283. The van der Waals surface area contributed by atoms with E-state index in [1.165, 1.54) is 46.2 Å². The summed E-state index contributed by atoms with van der Waals surface area (Å²) in [5.74, 6) is 5.91. The number of halogens is 4. The zero-order valence-corrected chi connectivity index (χ0v) is 43.3. The molecule has 18 heterocycles. The number of rotatable bonds is 0. The fraction of sp³-hybridized carbons (Fsp3) is 0.367. The Hall–Kier alpha value is -5.38. The maximum Gasteiger partial charge on any atom is 0.239 e. The molecule has 24 aliphatic rings. The first-order valence-corrected chi connectivity index (χ1v) is 26.9. The first-order chi connectivity index (χ1) is 34.8. The number of aromatic nitrogens is 4. The number of hydrogen-bond acceptors (Lipinski definition) is 8. The second kappa shape index (κ2) is 17.6. The van der Waals surface area contributed by atoms with Crippen LogP contribution >= 0.6 is 46.4 Å². The van der Waals surface area contributed by atoms with Crippen LogP contribution in [0, 0.1) is 37.5 Å². The highest BCUT2D eigenvalue weighted by Crippen LogP contribution is 2.68. The molecule has 72 heavy (non-hydrogen) atoms. The predicted octanol–water partition coefficient (Wildman–Crippen LogP) is 17.2. The first kappa shape index (κ1) is 46.4. The maximum atomic E-state index is 7.03. The summed E-state index contributed by atoms with van der Waals surface area (Å²) in [5, 5.41) is 19.6. The van der Waals surface area contributed by atoms with Gasteiger partial charge in [-0.3, -0.25) is 0 Å². The summed E-state index contributed by atoms with van der Waals surface area (Å²) in [7, 11) is 0. The molecule has 16 aliphatic heterocycles. The molecule has 8 nitrogen and oxygen atoms in total. The average molecular weight is 1040 g/mol. The number of aryl methyl sites for hydroxylation is 2. The lowest BCUT2D eigenvalue weighted by atomic mass is 9.41. The van der Waals surface area contributed by atoms with Crippen LogP contribution in [0.15, 0.2) is 121 Å². The number of ether oxygens (including phenoxy) is 4. The van der Waals surface area contributed by atoms with Gasteiger partial charge in [-0.1, -0.05) is 106 Å². The van der Waals surface area contributed by atoms with E-state index < -0.39 is 0 Å². The first-order valence-electron chi connectivity index (χ1n) is 25.4. The van der Waals surface area contributed by atoms with Crippen molar-refractivity contribution in [2.24, 2.45) is 23.7 Å². The molecule has 0 atom stereocenters. The van der Waals surface area contributed by atoms with Crippen LogP contribution in [0.25, 0.3) is 0 Å². The van der Waals surface area contributed by atoms with E-state index in [4.69, 9.17) is 65.4 Å². The van der Waals surface area contributed by atoms with Gasteiger partial charge in [-0.15, -0.1) is 20.4 Å². The van der Waals surface area contributed by atoms with Gasteiger partial charge in [0.15, 0.2) is 0 Å². The SMILES string of the molecule is Cc1ccc(C)cc1.Clc1cc2ccc1Oc1ccc(nn1)Oc1ccc(cc1Cl)C13CC4CC(C1)CC(C4)(C3)c1ccc(c(Cl)c1)Oc1ccc(nn1)Oc1ccc(cc1Cl)C13CC4CC(CC2(C4)C1)C3. The Morgan fingerprint density at radius 1 is 0.347 bits per heavy atom. The van der Waals surface area contributed by atoms with Crippen molar-refractivity contribution in [1.29, 1.82) is 0 Å². The molecule has 31 rings (SSSR count). The molecule has 20 bridgehead atoms. The lowest BCUT2D eigenvalue weighted by Gasteiger charge is -2.63. The number of hydrogen-bond donors (Lipinski definition) is 0. The van der Waals surface area contributed by atoms with E-state index >= 15 is 0 Å². The predicted molar refractivity (Wildman–Crippen MR) is 282 cm³/mol. The van der Waals surface area contributed by atoms with Crippen LogP contribution in [0.5, 0.6) is 46.5 Å². The van der Waals surface area contributed by atoms with E-state index in [9.17, 15) is 0 Å². The number of nitrogens with zero attached hydrogens (tertiary/aromatic N) is 4. The highest BCUT2D eigenvalue weighted by atomic mass is 35.5. The third-order valence-corrected chi connectivity index (χ3v) is 18.8. The Kier molecular flexibility index (Phi) is 11.4. The largest absolute Gasteiger partial charge is 0.436 e. The minimum atomic E-state index is 0.00617. The minimum Gasteiger partial charge on any atom is -0.436 e. The van der Waals surface area contributed by atoms with E-state index in [0.717, 1.165) is 64.2 Å². The molecule has 0 unspecified atom stereocenters. The Bertz CT molecular complexity index is 2810. The van der Waals surface area contributed by atoms with Crippen LogP contribution in [0.3, 0.4) is 0 Å². The van der Waals surface area contributed by atoms with Gasteiger partial charge in [-0.05, 0) is 207 Å². The second-order valence-corrected chi connectivity index (χ2v) is 24.2. The summed E-state index contributed by atoms with van der Waals surface area (Å²) in [5.41, 5.74) is 7.73. The molecule has 366 valence electrons. The smallest absolute Gasteiger partial charge is 0.239 e. The van der Waals surface area contributed by atoms with Gasteiger partial charge < -0.3 is 18.9 Å². The van der Waals surface area contributed by atoms with Gasteiger partial charge in [-0.25, -0.2) is 0 Å². The third kappa shape index (κ3) is 8.38. The van der Waals surface area contributed by atoms with Crippen LogP contribution in [0.1, 0.15) is 110 Å².